The predicted molar refractivity (Wildman–Crippen MR) is 79.5 cm³/mol. The lowest BCUT2D eigenvalue weighted by Gasteiger charge is -2.39. The number of alkyl halides is 2. The summed E-state index contributed by atoms with van der Waals surface area (Å²) in [5.74, 6) is 2.12. The molecule has 0 heterocycles. The molecule has 0 bridgehead atoms. The summed E-state index contributed by atoms with van der Waals surface area (Å²) in [5, 5.41) is 0. The molecular formula is C12H20I2. The summed E-state index contributed by atoms with van der Waals surface area (Å²) in [7, 11) is 0. The molecule has 2 rings (SSSR count). The van der Waals surface area contributed by atoms with Crippen molar-refractivity contribution in [3.8, 4) is 0 Å². The quantitative estimate of drug-likeness (QED) is 0.417. The number of hydrogen-bond donors (Lipinski definition) is 0. The Morgan fingerprint density at radius 2 is 0.929 bits per heavy atom. The molecule has 14 heavy (non-hydrogen) atoms. The zero-order chi connectivity index (χ0) is 9.97. The van der Waals surface area contributed by atoms with Crippen LogP contribution in [0, 0.1) is 11.8 Å². The molecule has 0 aromatic carbocycles. The summed E-state index contributed by atoms with van der Waals surface area (Å²) in [5.41, 5.74) is 0. The van der Waals surface area contributed by atoms with Gasteiger partial charge in [-0.25, -0.2) is 0 Å². The van der Waals surface area contributed by atoms with E-state index in [1.165, 1.54) is 51.4 Å². The Labute approximate surface area is 115 Å². The lowest BCUT2D eigenvalue weighted by molar-refractivity contribution is 0.221. The van der Waals surface area contributed by atoms with Crippen LogP contribution in [-0.2, 0) is 0 Å². The first kappa shape index (κ1) is 11.9. The van der Waals surface area contributed by atoms with E-state index < -0.39 is 0 Å². The Morgan fingerprint density at radius 3 is 1.29 bits per heavy atom. The molecule has 0 aromatic heterocycles. The molecular weight excluding hydrogens is 398 g/mol. The van der Waals surface area contributed by atoms with Crippen molar-refractivity contribution in [2.24, 2.45) is 11.8 Å². The zero-order valence-corrected chi connectivity index (χ0v) is 13.0. The molecule has 0 aliphatic heterocycles. The zero-order valence-electron chi connectivity index (χ0n) is 8.72. The summed E-state index contributed by atoms with van der Waals surface area (Å²) in [6.45, 7) is 0. The Morgan fingerprint density at radius 1 is 0.571 bits per heavy atom. The molecule has 2 aliphatic carbocycles. The molecule has 82 valence electrons. The van der Waals surface area contributed by atoms with Crippen LogP contribution in [0.5, 0.6) is 0 Å². The van der Waals surface area contributed by atoms with Crippen LogP contribution in [0.2, 0.25) is 0 Å². The summed E-state index contributed by atoms with van der Waals surface area (Å²) in [4.78, 5) is 0. The van der Waals surface area contributed by atoms with E-state index in [2.05, 4.69) is 45.2 Å². The predicted octanol–water partition coefficient (Wildman–Crippen LogP) is 4.97. The molecule has 0 amide bonds. The third-order valence-electron chi connectivity index (χ3n) is 4.01. The molecule has 2 saturated carbocycles. The van der Waals surface area contributed by atoms with Gasteiger partial charge in [0.05, 0.1) is 0 Å². The van der Waals surface area contributed by atoms with Gasteiger partial charge in [0.2, 0.25) is 0 Å². The molecule has 2 fully saturated rings. The van der Waals surface area contributed by atoms with Gasteiger partial charge in [0.15, 0.2) is 0 Å². The van der Waals surface area contributed by atoms with Crippen molar-refractivity contribution in [2.45, 2.75) is 59.2 Å². The fourth-order valence-electron chi connectivity index (χ4n) is 3.19. The average molecular weight is 418 g/mol. The molecule has 2 aliphatic rings. The molecule has 0 radical (unpaired) electrons. The molecule has 2 heteroatoms. The number of hydrogen-bond acceptors (Lipinski definition) is 0. The van der Waals surface area contributed by atoms with Gasteiger partial charge in [0.1, 0.15) is 0 Å². The van der Waals surface area contributed by atoms with Gasteiger partial charge in [0.25, 0.3) is 0 Å². The molecule has 0 N–H and O–H groups in total. The van der Waals surface area contributed by atoms with E-state index in [0.29, 0.717) is 0 Å². The molecule has 0 nitrogen and oxygen atoms in total. The first-order chi connectivity index (χ1) is 6.79. The van der Waals surface area contributed by atoms with E-state index in [1.54, 1.807) is 0 Å². The van der Waals surface area contributed by atoms with Gasteiger partial charge in [-0.1, -0.05) is 70.9 Å². The molecule has 4 atom stereocenters. The van der Waals surface area contributed by atoms with Gasteiger partial charge in [-0.05, 0) is 37.5 Å². The summed E-state index contributed by atoms with van der Waals surface area (Å²) in [6, 6.07) is 0. The fraction of sp³-hybridized carbons (Fsp3) is 1.00. The number of rotatable bonds is 1. The fourth-order valence-corrected chi connectivity index (χ4v) is 5.86. The van der Waals surface area contributed by atoms with Crippen LogP contribution in [0.25, 0.3) is 0 Å². The lowest BCUT2D eigenvalue weighted by Crippen LogP contribution is -2.34. The van der Waals surface area contributed by atoms with Gasteiger partial charge in [-0.2, -0.15) is 0 Å². The summed E-state index contributed by atoms with van der Waals surface area (Å²) in [6.07, 6.45) is 12.0. The third-order valence-corrected chi connectivity index (χ3v) is 7.11. The van der Waals surface area contributed by atoms with Crippen LogP contribution in [0.1, 0.15) is 51.4 Å². The van der Waals surface area contributed by atoms with E-state index in [4.69, 9.17) is 0 Å². The topological polar surface area (TPSA) is 0 Å². The smallest absolute Gasteiger partial charge is 0.0141 e. The first-order valence-electron chi connectivity index (χ1n) is 6.07. The van der Waals surface area contributed by atoms with Gasteiger partial charge < -0.3 is 0 Å². The van der Waals surface area contributed by atoms with Crippen molar-refractivity contribution in [3.05, 3.63) is 0 Å². The van der Waals surface area contributed by atoms with Crippen LogP contribution in [-0.4, -0.2) is 7.85 Å². The summed E-state index contributed by atoms with van der Waals surface area (Å²) < 4.78 is 1.98. The minimum atomic E-state index is 0.988. The highest BCUT2D eigenvalue weighted by Crippen LogP contribution is 2.43. The first-order valence-corrected chi connectivity index (χ1v) is 8.56. The molecule has 0 saturated heterocycles. The van der Waals surface area contributed by atoms with E-state index in [9.17, 15) is 0 Å². The second-order valence-electron chi connectivity index (χ2n) is 4.93. The van der Waals surface area contributed by atoms with Crippen molar-refractivity contribution in [1.29, 1.82) is 0 Å². The third kappa shape index (κ3) is 2.77. The Bertz CT molecular complexity index is 161. The maximum atomic E-state index is 2.73. The Kier molecular flexibility index (Phi) is 4.85. The average Bonchev–Trinajstić information content (AvgIpc) is 2.20. The number of halogens is 2. The maximum Gasteiger partial charge on any atom is 0.0141 e. The normalized spacial score (nSPS) is 45.0. The maximum absolute atomic E-state index is 2.73. The Hall–Kier alpha value is 1.46. The van der Waals surface area contributed by atoms with E-state index in [0.717, 1.165) is 19.7 Å². The lowest BCUT2D eigenvalue weighted by atomic mass is 9.73. The van der Waals surface area contributed by atoms with Gasteiger partial charge >= 0.3 is 0 Å². The van der Waals surface area contributed by atoms with E-state index in [1.807, 2.05) is 0 Å². The Balaban J connectivity index is 1.96. The highest BCUT2D eigenvalue weighted by molar-refractivity contribution is 14.1. The second kappa shape index (κ2) is 5.69. The van der Waals surface area contributed by atoms with Crippen LogP contribution in [0.15, 0.2) is 0 Å². The standard InChI is InChI=1S/C12H20I2/c13-11-7-3-1-5-9(11)10-6-2-4-8-12(10)14/h9-12H,1-8H2. The van der Waals surface area contributed by atoms with Crippen LogP contribution >= 0.6 is 45.2 Å². The minimum absolute atomic E-state index is 0.988. The largest absolute Gasteiger partial charge is 0.0823 e. The van der Waals surface area contributed by atoms with Crippen molar-refractivity contribution >= 4 is 45.2 Å². The SMILES string of the molecule is IC1CCCCC1C1CCCCC1I. The highest BCUT2D eigenvalue weighted by atomic mass is 127. The van der Waals surface area contributed by atoms with Gasteiger partial charge in [-0.15, -0.1) is 0 Å². The van der Waals surface area contributed by atoms with E-state index >= 15 is 0 Å². The van der Waals surface area contributed by atoms with Gasteiger partial charge in [0, 0.05) is 7.85 Å². The van der Waals surface area contributed by atoms with Crippen LogP contribution in [0.3, 0.4) is 0 Å². The van der Waals surface area contributed by atoms with Gasteiger partial charge in [-0.3, -0.25) is 0 Å². The van der Waals surface area contributed by atoms with Crippen LogP contribution < -0.4 is 0 Å². The van der Waals surface area contributed by atoms with Crippen molar-refractivity contribution < 1.29 is 0 Å². The van der Waals surface area contributed by atoms with Crippen molar-refractivity contribution in [1.82, 2.24) is 0 Å². The molecule has 4 unspecified atom stereocenters. The summed E-state index contributed by atoms with van der Waals surface area (Å²) >= 11 is 5.46. The van der Waals surface area contributed by atoms with Crippen LogP contribution in [0.4, 0.5) is 0 Å². The molecule has 0 spiro atoms. The monoisotopic (exact) mass is 418 g/mol. The van der Waals surface area contributed by atoms with E-state index in [-0.39, 0.29) is 0 Å². The molecule has 0 aromatic rings. The highest BCUT2D eigenvalue weighted by Gasteiger charge is 2.35. The second-order valence-corrected chi connectivity index (χ2v) is 8.13. The van der Waals surface area contributed by atoms with Crippen molar-refractivity contribution in [3.63, 3.8) is 0 Å². The van der Waals surface area contributed by atoms with Crippen molar-refractivity contribution in [2.75, 3.05) is 0 Å². The minimum Gasteiger partial charge on any atom is -0.0823 e.